The molecule has 0 bridgehead atoms. The molecule has 0 aliphatic heterocycles. The summed E-state index contributed by atoms with van der Waals surface area (Å²) in [6, 6.07) is 5.17. The van der Waals surface area contributed by atoms with E-state index < -0.39 is 49.1 Å². The van der Waals surface area contributed by atoms with Gasteiger partial charge in [0.05, 0.1) is 7.11 Å². The van der Waals surface area contributed by atoms with E-state index in [4.69, 9.17) is 4.74 Å². The van der Waals surface area contributed by atoms with Gasteiger partial charge in [0.15, 0.2) is 5.82 Å². The van der Waals surface area contributed by atoms with Gasteiger partial charge in [-0.1, -0.05) is 25.4 Å². The molecular formula is C21H15AlF6O. The number of halogens is 6. The van der Waals surface area contributed by atoms with Crippen molar-refractivity contribution in [1.29, 1.82) is 0 Å². The van der Waals surface area contributed by atoms with Crippen LogP contribution < -0.4 is 18.0 Å². The summed E-state index contributed by atoms with van der Waals surface area (Å²) in [6.45, 7) is 2.78. The average Bonchev–Trinajstić information content (AvgIpc) is 2.63. The van der Waals surface area contributed by atoms with Crippen molar-refractivity contribution in [3.63, 3.8) is 0 Å². The fourth-order valence-electron chi connectivity index (χ4n) is 3.31. The van der Waals surface area contributed by atoms with Crippen LogP contribution >= 0.6 is 0 Å². The molecule has 0 heterocycles. The van der Waals surface area contributed by atoms with Crippen LogP contribution in [0.5, 0.6) is 5.75 Å². The first-order valence-corrected chi connectivity index (χ1v) is 10.3. The normalized spacial score (nSPS) is 10.9. The average molecular weight is 424 g/mol. The van der Waals surface area contributed by atoms with Gasteiger partial charge in [-0.05, 0) is 31.0 Å². The Morgan fingerprint density at radius 3 is 1.52 bits per heavy atom. The highest BCUT2D eigenvalue weighted by Gasteiger charge is 2.35. The second-order valence-corrected chi connectivity index (χ2v) is 9.42. The fourth-order valence-corrected chi connectivity index (χ4v) is 6.71. The van der Waals surface area contributed by atoms with Crippen LogP contribution in [0.15, 0.2) is 36.4 Å². The maximum atomic E-state index is 14.8. The minimum absolute atomic E-state index is 0.0778. The third kappa shape index (κ3) is 4.00. The zero-order valence-electron chi connectivity index (χ0n) is 15.7. The Balaban J connectivity index is 2.42. The van der Waals surface area contributed by atoms with Crippen molar-refractivity contribution in [3.05, 3.63) is 82.4 Å². The second kappa shape index (κ2) is 8.13. The number of aryl methyl sites for hydroxylation is 2. The predicted octanol–water partition coefficient (Wildman–Crippen LogP) is 3.66. The molecule has 0 N–H and O–H groups in total. The Morgan fingerprint density at radius 1 is 0.586 bits per heavy atom. The van der Waals surface area contributed by atoms with Gasteiger partial charge >= 0.3 is 14.1 Å². The van der Waals surface area contributed by atoms with Gasteiger partial charge < -0.3 is 4.74 Å². The van der Waals surface area contributed by atoms with Crippen molar-refractivity contribution in [1.82, 2.24) is 0 Å². The Kier molecular flexibility index (Phi) is 5.97. The Bertz CT molecular complexity index is 1040. The molecule has 0 aliphatic carbocycles. The van der Waals surface area contributed by atoms with Crippen LogP contribution in [-0.2, 0) is 0 Å². The van der Waals surface area contributed by atoms with E-state index in [0.29, 0.717) is 18.2 Å². The molecule has 0 spiro atoms. The zero-order valence-corrected chi connectivity index (χ0v) is 16.9. The Hall–Kier alpha value is -2.43. The molecule has 0 unspecified atom stereocenters. The first kappa shape index (κ1) is 21.3. The van der Waals surface area contributed by atoms with E-state index >= 15 is 0 Å². The van der Waals surface area contributed by atoms with E-state index in [9.17, 15) is 26.3 Å². The van der Waals surface area contributed by atoms with Gasteiger partial charge in [-0.2, -0.15) is 0 Å². The summed E-state index contributed by atoms with van der Waals surface area (Å²) in [6.07, 6.45) is 0. The van der Waals surface area contributed by atoms with Gasteiger partial charge in [-0.25, -0.2) is 26.3 Å². The quantitative estimate of drug-likeness (QED) is 0.459. The van der Waals surface area contributed by atoms with Crippen LogP contribution in [0.25, 0.3) is 0 Å². The Labute approximate surface area is 167 Å². The van der Waals surface area contributed by atoms with Crippen LogP contribution in [0.2, 0.25) is 0 Å². The highest BCUT2D eigenvalue weighted by Crippen LogP contribution is 2.19. The number of ether oxygens (including phenoxy) is 1. The molecule has 0 aliphatic rings. The summed E-state index contributed by atoms with van der Waals surface area (Å²) in [5.41, 5.74) is 0.156. The molecule has 1 nitrogen and oxygen atoms in total. The van der Waals surface area contributed by atoms with Crippen LogP contribution in [0.3, 0.4) is 0 Å². The minimum atomic E-state index is -3.29. The lowest BCUT2D eigenvalue weighted by atomic mass is 10.2. The molecule has 3 rings (SSSR count). The van der Waals surface area contributed by atoms with E-state index in [1.54, 1.807) is 0 Å². The highest BCUT2D eigenvalue weighted by atomic mass is 27.2. The van der Waals surface area contributed by atoms with Crippen molar-refractivity contribution >= 4 is 27.4 Å². The lowest BCUT2D eigenvalue weighted by molar-refractivity contribution is 0.387. The first-order chi connectivity index (χ1) is 13.6. The maximum absolute atomic E-state index is 14.8. The van der Waals surface area contributed by atoms with Gasteiger partial charge in [-0.15, -0.1) is 0 Å². The molecule has 0 saturated heterocycles. The monoisotopic (exact) mass is 424 g/mol. The van der Waals surface area contributed by atoms with E-state index in [1.807, 2.05) is 0 Å². The lowest BCUT2D eigenvalue weighted by Crippen LogP contribution is -2.55. The lowest BCUT2D eigenvalue weighted by Gasteiger charge is -2.20. The van der Waals surface area contributed by atoms with Crippen LogP contribution in [0, 0.1) is 48.8 Å². The molecule has 29 heavy (non-hydrogen) atoms. The van der Waals surface area contributed by atoms with Gasteiger partial charge in [0.1, 0.15) is 34.8 Å². The van der Waals surface area contributed by atoms with Crippen molar-refractivity contribution in [2.45, 2.75) is 13.8 Å². The molecule has 0 amide bonds. The molecule has 0 aromatic heterocycles. The summed E-state index contributed by atoms with van der Waals surface area (Å²) < 4.78 is 90.3. The van der Waals surface area contributed by atoms with E-state index in [2.05, 4.69) is 0 Å². The highest BCUT2D eigenvalue weighted by molar-refractivity contribution is 6.96. The molecule has 3 aromatic rings. The summed E-state index contributed by atoms with van der Waals surface area (Å²) in [5.74, 6) is -5.98. The minimum Gasteiger partial charge on any atom is -0.495 e. The molecule has 3 aromatic carbocycles. The van der Waals surface area contributed by atoms with Crippen molar-refractivity contribution in [2.75, 3.05) is 7.11 Å². The third-order valence-corrected chi connectivity index (χ3v) is 7.91. The number of hydrogen-bond acceptors (Lipinski definition) is 1. The van der Waals surface area contributed by atoms with Crippen molar-refractivity contribution in [3.8, 4) is 5.75 Å². The molecule has 8 heteroatoms. The Morgan fingerprint density at radius 2 is 1.07 bits per heavy atom. The first-order valence-electron chi connectivity index (χ1n) is 8.58. The number of methoxy groups -OCH3 is 1. The molecule has 150 valence electrons. The van der Waals surface area contributed by atoms with Gasteiger partial charge in [0, 0.05) is 18.2 Å². The second-order valence-electron chi connectivity index (χ2n) is 6.69. The van der Waals surface area contributed by atoms with Crippen LogP contribution in [-0.4, -0.2) is 21.3 Å². The van der Waals surface area contributed by atoms with Crippen molar-refractivity contribution in [2.24, 2.45) is 0 Å². The van der Waals surface area contributed by atoms with Crippen LogP contribution in [0.1, 0.15) is 11.1 Å². The summed E-state index contributed by atoms with van der Waals surface area (Å²) in [5, 5.41) is 0. The zero-order chi connectivity index (χ0) is 21.5. The summed E-state index contributed by atoms with van der Waals surface area (Å²) >= 11 is -3.29. The number of hydrogen-bond donors (Lipinski definition) is 0. The summed E-state index contributed by atoms with van der Waals surface area (Å²) in [7, 11) is 1.14. The molecule has 0 fully saturated rings. The van der Waals surface area contributed by atoms with E-state index in [1.165, 1.54) is 26.0 Å². The molecular weight excluding hydrogens is 409 g/mol. The predicted molar refractivity (Wildman–Crippen MR) is 99.8 cm³/mol. The molecule has 0 radical (unpaired) electrons. The van der Waals surface area contributed by atoms with E-state index in [-0.39, 0.29) is 30.2 Å². The van der Waals surface area contributed by atoms with Crippen LogP contribution in [0.4, 0.5) is 26.3 Å². The largest absolute Gasteiger partial charge is 0.495 e. The number of benzene rings is 3. The smallest absolute Gasteiger partial charge is 0.399 e. The van der Waals surface area contributed by atoms with E-state index in [0.717, 1.165) is 13.2 Å². The SMILES string of the molecule is COc1c(F)cc(F)c[c]1[Al]([c]1cc(C)c(F)cc1F)[c]1cc(C)c(F)cc1F. The standard InChI is InChI=1S/C7H5F2O.2C7H5F2.Al/c1-10-7-3-2-5(8)4-6(7)9;2*1-5-2-3-6(8)4-7(5)9;/h2,4H,1H3;2*2,4H,1H3;. The van der Waals surface area contributed by atoms with Crippen molar-refractivity contribution < 1.29 is 31.1 Å². The molecule has 0 atom stereocenters. The van der Waals surface area contributed by atoms with Gasteiger partial charge in [0.2, 0.25) is 0 Å². The maximum Gasteiger partial charge on any atom is 0.399 e. The summed E-state index contributed by atoms with van der Waals surface area (Å²) in [4.78, 5) is 0. The third-order valence-electron chi connectivity index (χ3n) is 4.73. The topological polar surface area (TPSA) is 9.23 Å². The fraction of sp³-hybridized carbons (Fsp3) is 0.143. The van der Waals surface area contributed by atoms with Gasteiger partial charge in [-0.3, -0.25) is 0 Å². The van der Waals surface area contributed by atoms with Gasteiger partial charge in [0.25, 0.3) is 0 Å². The molecule has 0 saturated carbocycles. The number of rotatable bonds is 4.